The second-order valence-corrected chi connectivity index (χ2v) is 5.96. The summed E-state index contributed by atoms with van der Waals surface area (Å²) in [6, 6.07) is 6.62. The van der Waals surface area contributed by atoms with Gasteiger partial charge in [0.15, 0.2) is 0 Å². The van der Waals surface area contributed by atoms with E-state index in [2.05, 4.69) is 10.1 Å². The summed E-state index contributed by atoms with van der Waals surface area (Å²) in [7, 11) is 1.33. The highest BCUT2D eigenvalue weighted by Gasteiger charge is 2.15. The number of nitrogens with one attached hydrogen (secondary N) is 1. The molecule has 2 amide bonds. The topological polar surface area (TPSA) is 67.9 Å². The number of hydrogen-bond acceptors (Lipinski definition) is 4. The van der Waals surface area contributed by atoms with Crippen molar-refractivity contribution in [1.29, 1.82) is 0 Å². The standard InChI is InChI=1S/C17H25ClN2O4/c1-13(2)24-11-5-9-20(10-8-16(21)23-3)17(22)19-15-7-4-6-14(18)12-15/h4,6-7,12-13H,5,8-11H2,1-3H3,(H,19,22). The van der Waals surface area contributed by atoms with Gasteiger partial charge in [0.1, 0.15) is 0 Å². The van der Waals surface area contributed by atoms with Crippen molar-refractivity contribution in [3.05, 3.63) is 29.3 Å². The van der Waals surface area contributed by atoms with Gasteiger partial charge >= 0.3 is 12.0 Å². The minimum atomic E-state index is -0.353. The quantitative estimate of drug-likeness (QED) is 0.542. The molecule has 0 bridgehead atoms. The van der Waals surface area contributed by atoms with E-state index in [9.17, 15) is 9.59 Å². The molecule has 6 nitrogen and oxygen atoms in total. The maximum Gasteiger partial charge on any atom is 0.321 e. The first-order chi connectivity index (χ1) is 11.4. The van der Waals surface area contributed by atoms with E-state index in [0.717, 1.165) is 0 Å². The third kappa shape index (κ3) is 8.17. The zero-order valence-corrected chi connectivity index (χ0v) is 15.1. The predicted molar refractivity (Wildman–Crippen MR) is 94.4 cm³/mol. The number of nitrogens with zero attached hydrogens (tertiary/aromatic N) is 1. The van der Waals surface area contributed by atoms with Gasteiger partial charge in [0.05, 0.1) is 19.6 Å². The molecule has 1 N–H and O–H groups in total. The van der Waals surface area contributed by atoms with Crippen molar-refractivity contribution in [3.8, 4) is 0 Å². The van der Waals surface area contributed by atoms with Crippen molar-refractivity contribution in [2.45, 2.75) is 32.8 Å². The van der Waals surface area contributed by atoms with Gasteiger partial charge in [-0.15, -0.1) is 0 Å². The molecule has 1 aromatic rings. The van der Waals surface area contributed by atoms with Gasteiger partial charge < -0.3 is 19.7 Å². The van der Waals surface area contributed by atoms with E-state index in [1.807, 2.05) is 13.8 Å². The van der Waals surface area contributed by atoms with E-state index in [1.165, 1.54) is 7.11 Å². The van der Waals surface area contributed by atoms with Gasteiger partial charge in [-0.2, -0.15) is 0 Å². The Labute approximate surface area is 148 Å². The number of rotatable bonds is 9. The molecule has 0 atom stereocenters. The number of esters is 1. The minimum absolute atomic E-state index is 0.143. The number of urea groups is 1. The summed E-state index contributed by atoms with van der Waals surface area (Å²) >= 11 is 5.92. The second kappa shape index (κ2) is 10.9. The fourth-order valence-corrected chi connectivity index (χ4v) is 2.18. The molecule has 0 aliphatic heterocycles. The lowest BCUT2D eigenvalue weighted by Crippen LogP contribution is -2.37. The number of methoxy groups -OCH3 is 1. The molecule has 0 fully saturated rings. The number of benzene rings is 1. The number of carbonyl (C=O) groups is 2. The first-order valence-electron chi connectivity index (χ1n) is 7.92. The zero-order chi connectivity index (χ0) is 17.9. The van der Waals surface area contributed by atoms with Crippen LogP contribution in [0.25, 0.3) is 0 Å². The highest BCUT2D eigenvalue weighted by atomic mass is 35.5. The summed E-state index contributed by atoms with van der Waals surface area (Å²) in [4.78, 5) is 25.3. The van der Waals surface area contributed by atoms with Crippen molar-refractivity contribution in [1.82, 2.24) is 4.90 Å². The van der Waals surface area contributed by atoms with E-state index in [4.69, 9.17) is 16.3 Å². The lowest BCUT2D eigenvalue weighted by Gasteiger charge is -2.23. The van der Waals surface area contributed by atoms with E-state index in [-0.39, 0.29) is 31.1 Å². The summed E-state index contributed by atoms with van der Waals surface area (Å²) in [6.45, 7) is 5.23. The summed E-state index contributed by atoms with van der Waals surface area (Å²) in [6.07, 6.45) is 0.973. The number of halogens is 1. The molecule has 0 aliphatic carbocycles. The fourth-order valence-electron chi connectivity index (χ4n) is 1.99. The Kier molecular flexibility index (Phi) is 9.19. The molecule has 1 aromatic carbocycles. The first kappa shape index (κ1) is 20.3. The molecule has 0 saturated carbocycles. The van der Waals surface area contributed by atoms with Gasteiger partial charge in [0, 0.05) is 30.4 Å². The Bertz CT molecular complexity index is 537. The molecule has 0 saturated heterocycles. The number of amides is 2. The number of carbonyl (C=O) groups excluding carboxylic acids is 2. The van der Waals surface area contributed by atoms with E-state index in [1.54, 1.807) is 29.2 Å². The predicted octanol–water partition coefficient (Wildman–Crippen LogP) is 3.55. The fraction of sp³-hybridized carbons (Fsp3) is 0.529. The van der Waals surface area contributed by atoms with Crippen LogP contribution in [0.5, 0.6) is 0 Å². The monoisotopic (exact) mass is 356 g/mol. The van der Waals surface area contributed by atoms with Crippen LogP contribution in [0.15, 0.2) is 24.3 Å². The number of ether oxygens (including phenoxy) is 2. The van der Waals surface area contributed by atoms with Crippen LogP contribution in [0.2, 0.25) is 5.02 Å². The Morgan fingerprint density at radius 2 is 2.04 bits per heavy atom. The molecule has 24 heavy (non-hydrogen) atoms. The van der Waals surface area contributed by atoms with Crippen LogP contribution in [0.1, 0.15) is 26.7 Å². The Balaban J connectivity index is 2.60. The molecule has 0 radical (unpaired) electrons. The minimum Gasteiger partial charge on any atom is -0.469 e. The summed E-state index contributed by atoms with van der Waals surface area (Å²) in [5.41, 5.74) is 0.606. The van der Waals surface area contributed by atoms with E-state index < -0.39 is 0 Å². The normalized spacial score (nSPS) is 10.5. The van der Waals surface area contributed by atoms with E-state index in [0.29, 0.717) is 30.3 Å². The molecule has 0 aliphatic rings. The van der Waals surface area contributed by atoms with Gasteiger partial charge in [-0.05, 0) is 38.5 Å². The highest BCUT2D eigenvalue weighted by molar-refractivity contribution is 6.30. The zero-order valence-electron chi connectivity index (χ0n) is 14.4. The summed E-state index contributed by atoms with van der Waals surface area (Å²) in [5.74, 6) is -0.353. The molecule has 1 rings (SSSR count). The van der Waals surface area contributed by atoms with Gasteiger partial charge in [-0.1, -0.05) is 17.7 Å². The molecule has 134 valence electrons. The van der Waals surface area contributed by atoms with Crippen LogP contribution in [0, 0.1) is 0 Å². The van der Waals surface area contributed by atoms with Gasteiger partial charge in [-0.3, -0.25) is 4.79 Å². The van der Waals surface area contributed by atoms with Crippen molar-refractivity contribution in [3.63, 3.8) is 0 Å². The van der Waals surface area contributed by atoms with E-state index >= 15 is 0 Å². The Morgan fingerprint density at radius 1 is 1.29 bits per heavy atom. The lowest BCUT2D eigenvalue weighted by molar-refractivity contribution is -0.140. The molecular weight excluding hydrogens is 332 g/mol. The Hall–Kier alpha value is -1.79. The smallest absolute Gasteiger partial charge is 0.321 e. The van der Waals surface area contributed by atoms with Crippen LogP contribution < -0.4 is 5.32 Å². The maximum absolute atomic E-state index is 12.4. The Morgan fingerprint density at radius 3 is 2.67 bits per heavy atom. The molecule has 0 heterocycles. The van der Waals surface area contributed by atoms with Gasteiger partial charge in [-0.25, -0.2) is 4.79 Å². The molecule has 0 aromatic heterocycles. The molecule has 0 spiro atoms. The van der Waals surface area contributed by atoms with Crippen LogP contribution in [0.4, 0.5) is 10.5 Å². The molecule has 7 heteroatoms. The largest absolute Gasteiger partial charge is 0.469 e. The molecular formula is C17H25ClN2O4. The average molecular weight is 357 g/mol. The van der Waals surface area contributed by atoms with Gasteiger partial charge in [0.2, 0.25) is 0 Å². The highest BCUT2D eigenvalue weighted by Crippen LogP contribution is 2.15. The number of anilines is 1. The van der Waals surface area contributed by atoms with Crippen molar-refractivity contribution in [2.24, 2.45) is 0 Å². The second-order valence-electron chi connectivity index (χ2n) is 5.53. The van der Waals surface area contributed by atoms with Crippen molar-refractivity contribution in [2.75, 3.05) is 32.1 Å². The van der Waals surface area contributed by atoms with Crippen molar-refractivity contribution >= 4 is 29.3 Å². The van der Waals surface area contributed by atoms with Crippen LogP contribution in [0.3, 0.4) is 0 Å². The summed E-state index contributed by atoms with van der Waals surface area (Å²) in [5, 5.41) is 3.32. The third-order valence-electron chi connectivity index (χ3n) is 3.20. The van der Waals surface area contributed by atoms with Crippen molar-refractivity contribution < 1.29 is 19.1 Å². The van der Waals surface area contributed by atoms with Crippen LogP contribution in [-0.2, 0) is 14.3 Å². The van der Waals surface area contributed by atoms with Gasteiger partial charge in [0.25, 0.3) is 0 Å². The lowest BCUT2D eigenvalue weighted by atomic mass is 10.3. The SMILES string of the molecule is COC(=O)CCN(CCCOC(C)C)C(=O)Nc1cccc(Cl)c1. The van der Waals surface area contributed by atoms with Crippen LogP contribution >= 0.6 is 11.6 Å². The maximum atomic E-state index is 12.4. The van der Waals surface area contributed by atoms with Crippen LogP contribution in [-0.4, -0.2) is 49.8 Å². The average Bonchev–Trinajstić information content (AvgIpc) is 2.53. The third-order valence-corrected chi connectivity index (χ3v) is 3.44. The molecule has 0 unspecified atom stereocenters. The first-order valence-corrected chi connectivity index (χ1v) is 8.30. The summed E-state index contributed by atoms with van der Waals surface area (Å²) < 4.78 is 10.1. The number of hydrogen-bond donors (Lipinski definition) is 1.